The van der Waals surface area contributed by atoms with Gasteiger partial charge in [0.1, 0.15) is 30.3 Å². The number of rotatable bonds is 5. The van der Waals surface area contributed by atoms with Crippen LogP contribution in [0.25, 0.3) is 0 Å². The smallest absolute Gasteiger partial charge is 0.404 e. The lowest BCUT2D eigenvalue weighted by molar-refractivity contribution is -0.205. The Morgan fingerprint density at radius 2 is 2.19 bits per heavy atom. The average Bonchev–Trinajstić information content (AvgIpc) is 2.95. The number of nitrogens with zero attached hydrogens (tertiary/aromatic N) is 1. The van der Waals surface area contributed by atoms with Crippen molar-refractivity contribution in [2.75, 3.05) is 6.56 Å². The number of nitrogens with one attached hydrogen (secondary N) is 1. The number of halogens is 2. The molecule has 12 nitrogen and oxygen atoms in total. The Morgan fingerprint density at radius 1 is 1.44 bits per heavy atom. The summed E-state index contributed by atoms with van der Waals surface area (Å²) in [6.07, 6.45) is -8.37. The molecule has 4 rings (SSSR count). The number of fused-ring (bicyclic) bond motifs is 1. The first-order valence-corrected chi connectivity index (χ1v) is 10.3. The lowest BCUT2D eigenvalue weighted by Crippen LogP contribution is -2.43. The van der Waals surface area contributed by atoms with Crippen molar-refractivity contribution in [3.8, 4) is 5.75 Å². The standard InChI is InChI=1S/C17H17F2N2O10P/c18-10-1-2-11-8(3-10)6-28-32(27,31-11)29-7-17(19)13(24)12(23)15(30-17)21-4-9(5-22)14(25)20-16(21)26/h1-4,12-13,15,22-24H,5-7H2,(H,20,25,26)/t12-,13+,15-,17-,32?/m1/s1/i7D2,15D. The van der Waals surface area contributed by atoms with E-state index in [1.54, 1.807) is 4.98 Å². The van der Waals surface area contributed by atoms with Crippen LogP contribution >= 0.6 is 7.82 Å². The minimum Gasteiger partial charge on any atom is -0.404 e. The maximum atomic E-state index is 15.8. The van der Waals surface area contributed by atoms with E-state index in [0.29, 0.717) is 6.20 Å². The summed E-state index contributed by atoms with van der Waals surface area (Å²) in [7, 11) is -4.99. The number of hydrogen-bond donors (Lipinski definition) is 4. The van der Waals surface area contributed by atoms with E-state index in [2.05, 4.69) is 9.26 Å². The third-order valence-electron chi connectivity index (χ3n) is 4.52. The number of phosphoric ester groups is 1. The van der Waals surface area contributed by atoms with Crippen molar-refractivity contribution in [1.29, 1.82) is 0 Å². The van der Waals surface area contributed by atoms with Gasteiger partial charge in [0.25, 0.3) is 11.4 Å². The number of aliphatic hydroxyl groups is 3. The molecule has 0 spiro atoms. The van der Waals surface area contributed by atoms with E-state index in [9.17, 15) is 33.9 Å². The van der Waals surface area contributed by atoms with Gasteiger partial charge in [-0.2, -0.15) is 0 Å². The van der Waals surface area contributed by atoms with Crippen LogP contribution in [0, 0.1) is 5.82 Å². The molecule has 1 aromatic heterocycles. The predicted molar refractivity (Wildman–Crippen MR) is 98.6 cm³/mol. The van der Waals surface area contributed by atoms with Crippen molar-refractivity contribution in [2.45, 2.75) is 37.5 Å². The number of aliphatic hydroxyl groups excluding tert-OH is 3. The monoisotopic (exact) mass is 481 g/mol. The molecule has 2 aliphatic rings. The van der Waals surface area contributed by atoms with Crippen molar-refractivity contribution in [2.24, 2.45) is 0 Å². The fourth-order valence-corrected chi connectivity index (χ4v) is 3.97. The molecule has 3 heterocycles. The first kappa shape index (κ1) is 19.1. The minimum absolute atomic E-state index is 0.0745. The number of phosphoric acid groups is 1. The van der Waals surface area contributed by atoms with E-state index in [4.69, 9.17) is 13.2 Å². The second-order valence-electron chi connectivity index (χ2n) is 6.67. The van der Waals surface area contributed by atoms with Gasteiger partial charge in [0.05, 0.1) is 22.9 Å². The van der Waals surface area contributed by atoms with Crippen molar-refractivity contribution < 1.29 is 51.1 Å². The Morgan fingerprint density at radius 3 is 2.91 bits per heavy atom. The Balaban J connectivity index is 1.68. The second-order valence-corrected chi connectivity index (χ2v) is 8.19. The first-order chi connectivity index (χ1) is 16.2. The summed E-state index contributed by atoms with van der Waals surface area (Å²) in [5.41, 5.74) is -2.94. The fourth-order valence-electron chi connectivity index (χ4n) is 2.88. The maximum Gasteiger partial charge on any atom is 0.530 e. The number of hydrogen-bond acceptors (Lipinski definition) is 10. The van der Waals surface area contributed by atoms with Crippen LogP contribution in [0.3, 0.4) is 0 Å². The molecule has 174 valence electrons. The summed E-state index contributed by atoms with van der Waals surface area (Å²) < 4.78 is 85.3. The zero-order valence-corrected chi connectivity index (χ0v) is 16.6. The van der Waals surface area contributed by atoms with Gasteiger partial charge in [0.15, 0.2) is 6.20 Å². The third-order valence-corrected chi connectivity index (χ3v) is 5.70. The molecule has 15 heteroatoms. The number of H-pyrrole nitrogens is 1. The second kappa shape index (κ2) is 8.15. The molecule has 4 N–H and O–H groups in total. The number of aromatic amines is 1. The molecule has 0 radical (unpaired) electrons. The highest BCUT2D eigenvalue weighted by molar-refractivity contribution is 7.49. The quantitative estimate of drug-likeness (QED) is 0.420. The molecule has 1 unspecified atom stereocenters. The van der Waals surface area contributed by atoms with Gasteiger partial charge in [-0.15, -0.1) is 0 Å². The SMILES string of the molecule is [2H]C([2H])(OP1(=O)OCc2cc(F)ccc2O1)[C@@]1(F)O[C@@]([2H])(n2cc(CO)c(=O)[nH]c2=O)[C@H](O)[C@@H]1O. The molecule has 2 aliphatic heterocycles. The van der Waals surface area contributed by atoms with Gasteiger partial charge < -0.3 is 24.6 Å². The Hall–Kier alpha value is -2.45. The Bertz CT molecular complexity index is 1340. The molecule has 0 aliphatic carbocycles. The summed E-state index contributed by atoms with van der Waals surface area (Å²) in [6, 6.07) is 2.93. The lowest BCUT2D eigenvalue weighted by Gasteiger charge is -2.28. The lowest BCUT2D eigenvalue weighted by atomic mass is 10.1. The van der Waals surface area contributed by atoms with E-state index in [1.165, 1.54) is 0 Å². The van der Waals surface area contributed by atoms with Crippen molar-refractivity contribution in [1.82, 2.24) is 9.55 Å². The number of alkyl halides is 1. The van der Waals surface area contributed by atoms with E-state index in [-0.39, 0.29) is 15.9 Å². The van der Waals surface area contributed by atoms with Gasteiger partial charge in [-0.3, -0.25) is 23.4 Å². The van der Waals surface area contributed by atoms with Crippen LogP contribution in [-0.4, -0.2) is 49.5 Å². The van der Waals surface area contributed by atoms with Crippen molar-refractivity contribution >= 4 is 7.82 Å². The molecular formula is C17H17F2N2O10P. The first-order valence-electron chi connectivity index (χ1n) is 10.3. The third kappa shape index (κ3) is 4.01. The molecule has 1 fully saturated rings. The van der Waals surface area contributed by atoms with Crippen LogP contribution in [0.2, 0.25) is 0 Å². The maximum absolute atomic E-state index is 15.8. The molecule has 5 atom stereocenters. The van der Waals surface area contributed by atoms with Gasteiger partial charge in [-0.25, -0.2) is 18.1 Å². The highest BCUT2D eigenvalue weighted by Gasteiger charge is 2.57. The summed E-state index contributed by atoms with van der Waals surface area (Å²) >= 11 is 0. The average molecular weight is 481 g/mol. The van der Waals surface area contributed by atoms with Crippen LogP contribution in [0.5, 0.6) is 5.75 Å². The Labute approximate surface area is 181 Å². The van der Waals surface area contributed by atoms with Crippen molar-refractivity contribution in [3.63, 3.8) is 0 Å². The zero-order chi connectivity index (χ0) is 26.0. The number of benzene rings is 1. The molecule has 0 amide bonds. The summed E-state index contributed by atoms with van der Waals surface area (Å²) in [5, 5.41) is 29.9. The molecule has 32 heavy (non-hydrogen) atoms. The van der Waals surface area contributed by atoms with Gasteiger partial charge in [-0.05, 0) is 18.2 Å². The molecule has 0 bridgehead atoms. The predicted octanol–water partition coefficient (Wildman–Crippen LogP) is -0.182. The number of ether oxygens (including phenoxy) is 1. The highest BCUT2D eigenvalue weighted by atomic mass is 31.2. The van der Waals surface area contributed by atoms with Crippen LogP contribution in [-0.2, 0) is 31.6 Å². The Kier molecular flexibility index (Phi) is 4.86. The van der Waals surface area contributed by atoms with Gasteiger partial charge in [-0.1, -0.05) is 0 Å². The molecule has 0 saturated carbocycles. The van der Waals surface area contributed by atoms with E-state index in [0.717, 1.165) is 18.2 Å². The van der Waals surface area contributed by atoms with Crippen LogP contribution in [0.1, 0.15) is 21.4 Å². The van der Waals surface area contributed by atoms with Crippen LogP contribution in [0.15, 0.2) is 34.0 Å². The van der Waals surface area contributed by atoms with Crippen molar-refractivity contribution in [3.05, 3.63) is 62.2 Å². The molecule has 2 aromatic rings. The van der Waals surface area contributed by atoms with E-state index < -0.39 is 74.5 Å². The largest absolute Gasteiger partial charge is 0.530 e. The van der Waals surface area contributed by atoms with Gasteiger partial charge in [0.2, 0.25) is 0 Å². The topological polar surface area (TPSA) is 170 Å². The minimum atomic E-state index is -4.99. The summed E-state index contributed by atoms with van der Waals surface area (Å²) in [5.74, 6) is -5.09. The number of aromatic nitrogens is 2. The molecule has 1 saturated heterocycles. The normalized spacial score (nSPS) is 36.0. The van der Waals surface area contributed by atoms with Gasteiger partial charge >= 0.3 is 13.5 Å². The molecular weight excluding hydrogens is 461 g/mol. The molecule has 1 aromatic carbocycles. The zero-order valence-electron chi connectivity index (χ0n) is 18.7. The summed E-state index contributed by atoms with van der Waals surface area (Å²) in [6.45, 7) is -5.50. The van der Waals surface area contributed by atoms with E-state index >= 15 is 4.39 Å². The van der Waals surface area contributed by atoms with Gasteiger partial charge in [0, 0.05) is 11.8 Å². The van der Waals surface area contributed by atoms with Crippen LogP contribution < -0.4 is 15.8 Å². The fraction of sp³-hybridized carbons (Fsp3) is 0.412. The van der Waals surface area contributed by atoms with E-state index in [1.807, 2.05) is 0 Å². The highest BCUT2D eigenvalue weighted by Crippen LogP contribution is 2.55. The summed E-state index contributed by atoms with van der Waals surface area (Å²) in [4.78, 5) is 25.5. The van der Waals surface area contributed by atoms with Crippen LogP contribution in [0.4, 0.5) is 8.78 Å².